The van der Waals surface area contributed by atoms with Gasteiger partial charge in [0.2, 0.25) is 10.0 Å². The molecule has 10 heavy (non-hydrogen) atoms. The Balaban J connectivity index is 4.06. The Kier molecular flexibility index (Phi) is 3.89. The molecule has 3 nitrogen and oxygen atoms in total. The van der Waals surface area contributed by atoms with E-state index in [2.05, 4.69) is 4.72 Å². The van der Waals surface area contributed by atoms with Crippen LogP contribution in [0.5, 0.6) is 0 Å². The Bertz CT molecular complexity index is 174. The molecule has 1 unspecified atom stereocenters. The summed E-state index contributed by atoms with van der Waals surface area (Å²) in [6, 6.07) is 0. The maximum absolute atomic E-state index is 11.0. The molecule has 4 heteroatoms. The summed E-state index contributed by atoms with van der Waals surface area (Å²) in [5, 5.41) is -0.262. The minimum Gasteiger partial charge on any atom is -0.218 e. The largest absolute Gasteiger partial charge is 0.218 e. The van der Waals surface area contributed by atoms with E-state index in [9.17, 15) is 8.42 Å². The van der Waals surface area contributed by atoms with E-state index in [1.165, 1.54) is 7.05 Å². The van der Waals surface area contributed by atoms with Gasteiger partial charge in [-0.05, 0) is 20.4 Å². The van der Waals surface area contributed by atoms with Gasteiger partial charge in [0.05, 0.1) is 5.25 Å². The minimum atomic E-state index is -3.01. The van der Waals surface area contributed by atoms with Gasteiger partial charge in [0.25, 0.3) is 0 Å². The van der Waals surface area contributed by atoms with Gasteiger partial charge in [0.1, 0.15) is 0 Å². The lowest BCUT2D eigenvalue weighted by Crippen LogP contribution is -2.29. The first-order valence-electron chi connectivity index (χ1n) is 3.47. The molecule has 0 saturated carbocycles. The first kappa shape index (κ1) is 9.91. The Morgan fingerprint density at radius 3 is 2.30 bits per heavy atom. The van der Waals surface area contributed by atoms with Crippen LogP contribution in [0.1, 0.15) is 26.7 Å². The van der Waals surface area contributed by atoms with Crippen molar-refractivity contribution >= 4 is 10.0 Å². The van der Waals surface area contributed by atoms with E-state index in [-0.39, 0.29) is 5.25 Å². The third-order valence-electron chi connectivity index (χ3n) is 1.51. The summed E-state index contributed by atoms with van der Waals surface area (Å²) in [7, 11) is -1.56. The lowest BCUT2D eigenvalue weighted by Gasteiger charge is -2.09. The quantitative estimate of drug-likeness (QED) is 0.667. The normalized spacial score (nSPS) is 15.1. The van der Waals surface area contributed by atoms with Crippen LogP contribution in [0.4, 0.5) is 0 Å². The topological polar surface area (TPSA) is 46.2 Å². The number of hydrogen-bond acceptors (Lipinski definition) is 2. The van der Waals surface area contributed by atoms with Gasteiger partial charge < -0.3 is 0 Å². The summed E-state index contributed by atoms with van der Waals surface area (Å²) in [5.74, 6) is 0. The number of hydrogen-bond donors (Lipinski definition) is 1. The molecule has 0 amide bonds. The number of nitrogens with one attached hydrogen (secondary N) is 1. The third-order valence-corrected chi connectivity index (χ3v) is 3.37. The van der Waals surface area contributed by atoms with Crippen molar-refractivity contribution in [2.24, 2.45) is 0 Å². The van der Waals surface area contributed by atoms with Crippen LogP contribution in [0, 0.1) is 0 Å². The predicted molar refractivity (Wildman–Crippen MR) is 42.3 cm³/mol. The predicted octanol–water partition coefficient (Wildman–Crippen LogP) is 0.724. The van der Waals surface area contributed by atoms with Gasteiger partial charge in [-0.2, -0.15) is 0 Å². The zero-order chi connectivity index (χ0) is 8.20. The van der Waals surface area contributed by atoms with E-state index < -0.39 is 10.0 Å². The van der Waals surface area contributed by atoms with Crippen molar-refractivity contribution in [1.29, 1.82) is 0 Å². The van der Waals surface area contributed by atoms with Gasteiger partial charge in [0, 0.05) is 0 Å². The van der Waals surface area contributed by atoms with Crippen LogP contribution >= 0.6 is 0 Å². The molecule has 0 spiro atoms. The molecule has 0 bridgehead atoms. The van der Waals surface area contributed by atoms with Crippen LogP contribution in [-0.2, 0) is 10.0 Å². The molecular weight excluding hydrogens is 150 g/mol. The second-order valence-corrected chi connectivity index (χ2v) is 4.65. The monoisotopic (exact) mass is 165 g/mol. The van der Waals surface area contributed by atoms with Crippen molar-refractivity contribution in [3.8, 4) is 0 Å². The summed E-state index contributed by atoms with van der Waals surface area (Å²) >= 11 is 0. The van der Waals surface area contributed by atoms with Gasteiger partial charge in [-0.15, -0.1) is 0 Å². The molecule has 0 aliphatic rings. The standard InChI is InChI=1S/C6H15NO2S/c1-4-5-6(2)10(8,9)7-3/h6-7H,4-5H2,1-3H3. The van der Waals surface area contributed by atoms with Gasteiger partial charge >= 0.3 is 0 Å². The van der Waals surface area contributed by atoms with Crippen LogP contribution < -0.4 is 4.72 Å². The molecular formula is C6H15NO2S. The van der Waals surface area contributed by atoms with Crippen LogP contribution in [-0.4, -0.2) is 20.7 Å². The van der Waals surface area contributed by atoms with Crippen LogP contribution in [0.15, 0.2) is 0 Å². The molecule has 1 atom stereocenters. The lowest BCUT2D eigenvalue weighted by atomic mass is 10.3. The van der Waals surface area contributed by atoms with E-state index in [1.807, 2.05) is 6.92 Å². The van der Waals surface area contributed by atoms with Crippen molar-refractivity contribution < 1.29 is 8.42 Å². The average molecular weight is 165 g/mol. The second kappa shape index (κ2) is 3.93. The van der Waals surface area contributed by atoms with Gasteiger partial charge in [-0.3, -0.25) is 0 Å². The first-order chi connectivity index (χ1) is 4.54. The highest BCUT2D eigenvalue weighted by molar-refractivity contribution is 7.90. The minimum absolute atomic E-state index is 0.262. The van der Waals surface area contributed by atoms with Gasteiger partial charge in [0.15, 0.2) is 0 Å². The van der Waals surface area contributed by atoms with Crippen LogP contribution in [0.2, 0.25) is 0 Å². The maximum atomic E-state index is 11.0. The molecule has 0 aromatic carbocycles. The smallest absolute Gasteiger partial charge is 0.213 e. The van der Waals surface area contributed by atoms with Crippen molar-refractivity contribution in [2.75, 3.05) is 7.05 Å². The molecule has 0 aliphatic heterocycles. The van der Waals surface area contributed by atoms with Crippen LogP contribution in [0.3, 0.4) is 0 Å². The van der Waals surface area contributed by atoms with Crippen LogP contribution in [0.25, 0.3) is 0 Å². The third kappa shape index (κ3) is 2.66. The fourth-order valence-corrected chi connectivity index (χ4v) is 1.71. The Hall–Kier alpha value is -0.0900. The summed E-state index contributed by atoms with van der Waals surface area (Å²) < 4.78 is 24.3. The van der Waals surface area contributed by atoms with Crippen molar-refractivity contribution in [3.05, 3.63) is 0 Å². The average Bonchev–Trinajstić information content (AvgIpc) is 1.89. The number of rotatable bonds is 4. The molecule has 0 fully saturated rings. The van der Waals surface area contributed by atoms with Crippen molar-refractivity contribution in [3.63, 3.8) is 0 Å². The molecule has 0 radical (unpaired) electrons. The van der Waals surface area contributed by atoms with E-state index >= 15 is 0 Å². The molecule has 0 heterocycles. The Morgan fingerprint density at radius 2 is 2.00 bits per heavy atom. The molecule has 0 rings (SSSR count). The fraction of sp³-hybridized carbons (Fsp3) is 1.00. The molecule has 0 aliphatic carbocycles. The second-order valence-electron chi connectivity index (χ2n) is 2.35. The van der Waals surface area contributed by atoms with Crippen molar-refractivity contribution in [1.82, 2.24) is 4.72 Å². The van der Waals surface area contributed by atoms with E-state index in [1.54, 1.807) is 6.92 Å². The highest BCUT2D eigenvalue weighted by Gasteiger charge is 2.16. The SMILES string of the molecule is CCCC(C)S(=O)(=O)NC. The zero-order valence-electron chi connectivity index (χ0n) is 6.72. The first-order valence-corrected chi connectivity index (χ1v) is 5.01. The summed E-state index contributed by atoms with van der Waals surface area (Å²) in [4.78, 5) is 0. The lowest BCUT2D eigenvalue weighted by molar-refractivity contribution is 0.567. The van der Waals surface area contributed by atoms with Gasteiger partial charge in [-0.1, -0.05) is 13.3 Å². The van der Waals surface area contributed by atoms with E-state index in [4.69, 9.17) is 0 Å². The Morgan fingerprint density at radius 1 is 1.50 bits per heavy atom. The molecule has 0 saturated heterocycles. The summed E-state index contributed by atoms with van der Waals surface area (Å²) in [5.41, 5.74) is 0. The Labute approximate surface area is 62.9 Å². The zero-order valence-corrected chi connectivity index (χ0v) is 7.53. The highest BCUT2D eigenvalue weighted by Crippen LogP contribution is 2.04. The highest BCUT2D eigenvalue weighted by atomic mass is 32.2. The number of sulfonamides is 1. The fourth-order valence-electron chi connectivity index (χ4n) is 0.763. The molecule has 1 N–H and O–H groups in total. The maximum Gasteiger partial charge on any atom is 0.213 e. The molecule has 0 aromatic heterocycles. The molecule has 0 aromatic rings. The van der Waals surface area contributed by atoms with E-state index in [0.717, 1.165) is 12.8 Å². The summed E-state index contributed by atoms with van der Waals surface area (Å²) in [6.07, 6.45) is 1.63. The van der Waals surface area contributed by atoms with E-state index in [0.29, 0.717) is 0 Å². The summed E-state index contributed by atoms with van der Waals surface area (Å²) in [6.45, 7) is 3.69. The molecule has 62 valence electrons. The van der Waals surface area contributed by atoms with Gasteiger partial charge in [-0.25, -0.2) is 13.1 Å². The van der Waals surface area contributed by atoms with Crippen molar-refractivity contribution in [2.45, 2.75) is 31.9 Å².